The molecule has 134 valence electrons. The molecule has 2 rings (SSSR count). The van der Waals surface area contributed by atoms with E-state index >= 15 is 0 Å². The van der Waals surface area contributed by atoms with Gasteiger partial charge in [-0.1, -0.05) is 0 Å². The number of ether oxygens (including phenoxy) is 2. The van der Waals surface area contributed by atoms with Crippen LogP contribution in [0, 0.1) is 11.8 Å². The molecule has 1 amide bonds. The van der Waals surface area contributed by atoms with Gasteiger partial charge in [0.1, 0.15) is 5.60 Å². The zero-order valence-electron chi connectivity index (χ0n) is 15.3. The van der Waals surface area contributed by atoms with E-state index in [0.29, 0.717) is 17.9 Å². The highest BCUT2D eigenvalue weighted by Gasteiger charge is 2.29. The summed E-state index contributed by atoms with van der Waals surface area (Å²) < 4.78 is 11.0. The maximum atomic E-state index is 12.1. The van der Waals surface area contributed by atoms with Crippen LogP contribution in [0.5, 0.6) is 0 Å². The van der Waals surface area contributed by atoms with E-state index < -0.39 is 5.60 Å². The van der Waals surface area contributed by atoms with Crippen LogP contribution >= 0.6 is 0 Å². The van der Waals surface area contributed by atoms with E-state index in [0.717, 1.165) is 45.7 Å². The summed E-state index contributed by atoms with van der Waals surface area (Å²) in [6, 6.07) is 0.513. The number of nitrogens with one attached hydrogen (secondary N) is 1. The Morgan fingerprint density at radius 1 is 1.39 bits per heavy atom. The van der Waals surface area contributed by atoms with Crippen LogP contribution in [0.2, 0.25) is 0 Å². The van der Waals surface area contributed by atoms with Gasteiger partial charge in [0, 0.05) is 25.7 Å². The van der Waals surface area contributed by atoms with E-state index in [1.807, 2.05) is 25.7 Å². The maximum absolute atomic E-state index is 12.1. The molecule has 0 radical (unpaired) electrons. The number of likely N-dealkylation sites (tertiary alicyclic amines) is 1. The molecule has 0 spiro atoms. The zero-order valence-corrected chi connectivity index (χ0v) is 15.3. The number of rotatable bonds is 5. The van der Waals surface area contributed by atoms with Crippen molar-refractivity contribution < 1.29 is 14.3 Å². The highest BCUT2D eigenvalue weighted by molar-refractivity contribution is 5.68. The van der Waals surface area contributed by atoms with Crippen molar-refractivity contribution >= 4 is 6.09 Å². The first kappa shape index (κ1) is 18.5. The van der Waals surface area contributed by atoms with Crippen LogP contribution in [0.4, 0.5) is 4.79 Å². The average Bonchev–Trinajstić information content (AvgIpc) is 2.95. The summed E-state index contributed by atoms with van der Waals surface area (Å²) in [6.45, 7) is 12.5. The standard InChI is InChI=1S/C18H34N2O3/c1-14(16-6-5-11-22-13-16)19-9-7-15-8-10-20(12-15)17(21)23-18(2,3)4/h14-16,19H,5-13H2,1-4H3/t14-,15+,16-/m0/s1. The normalized spacial score (nSPS) is 27.0. The maximum Gasteiger partial charge on any atom is 0.410 e. The smallest absolute Gasteiger partial charge is 0.410 e. The average molecular weight is 326 g/mol. The van der Waals surface area contributed by atoms with Gasteiger partial charge in [0.15, 0.2) is 0 Å². The van der Waals surface area contributed by atoms with E-state index in [9.17, 15) is 4.79 Å². The molecule has 3 atom stereocenters. The van der Waals surface area contributed by atoms with Gasteiger partial charge in [-0.2, -0.15) is 0 Å². The van der Waals surface area contributed by atoms with Gasteiger partial charge in [-0.15, -0.1) is 0 Å². The van der Waals surface area contributed by atoms with Gasteiger partial charge in [0.05, 0.1) is 6.61 Å². The van der Waals surface area contributed by atoms with Crippen LogP contribution in [0.3, 0.4) is 0 Å². The van der Waals surface area contributed by atoms with Gasteiger partial charge in [0.2, 0.25) is 0 Å². The third-order valence-electron chi connectivity index (χ3n) is 4.86. The first-order valence-electron chi connectivity index (χ1n) is 9.14. The van der Waals surface area contributed by atoms with Gasteiger partial charge in [-0.05, 0) is 71.8 Å². The molecule has 2 fully saturated rings. The van der Waals surface area contributed by atoms with Crippen LogP contribution in [-0.2, 0) is 9.47 Å². The molecule has 2 aliphatic rings. The lowest BCUT2D eigenvalue weighted by atomic mass is 9.94. The lowest BCUT2D eigenvalue weighted by molar-refractivity contribution is 0.0286. The number of hydrogen-bond acceptors (Lipinski definition) is 4. The number of nitrogens with zero attached hydrogens (tertiary/aromatic N) is 1. The third kappa shape index (κ3) is 6.30. The number of hydrogen-bond donors (Lipinski definition) is 1. The van der Waals surface area contributed by atoms with E-state index in [1.165, 1.54) is 12.8 Å². The molecule has 1 N–H and O–H groups in total. The zero-order chi connectivity index (χ0) is 16.9. The van der Waals surface area contributed by atoms with E-state index in [1.54, 1.807) is 0 Å². The van der Waals surface area contributed by atoms with Crippen LogP contribution in [0.25, 0.3) is 0 Å². The van der Waals surface area contributed by atoms with Gasteiger partial charge in [-0.25, -0.2) is 4.79 Å². The van der Waals surface area contributed by atoms with Crippen molar-refractivity contribution in [1.29, 1.82) is 0 Å². The van der Waals surface area contributed by atoms with Crippen molar-refractivity contribution in [3.8, 4) is 0 Å². The third-order valence-corrected chi connectivity index (χ3v) is 4.86. The predicted molar refractivity (Wildman–Crippen MR) is 91.5 cm³/mol. The van der Waals surface area contributed by atoms with Crippen molar-refractivity contribution in [2.24, 2.45) is 11.8 Å². The second-order valence-electron chi connectivity index (χ2n) is 8.09. The fourth-order valence-electron chi connectivity index (χ4n) is 3.40. The van der Waals surface area contributed by atoms with Gasteiger partial charge in [-0.3, -0.25) is 0 Å². The molecular weight excluding hydrogens is 292 g/mol. The van der Waals surface area contributed by atoms with Crippen LogP contribution < -0.4 is 5.32 Å². The summed E-state index contributed by atoms with van der Waals surface area (Å²) >= 11 is 0. The fourth-order valence-corrected chi connectivity index (χ4v) is 3.40. The Bertz CT molecular complexity index is 375. The molecule has 0 aromatic heterocycles. The molecule has 0 bridgehead atoms. The van der Waals surface area contributed by atoms with Gasteiger partial charge >= 0.3 is 6.09 Å². The summed E-state index contributed by atoms with van der Waals surface area (Å²) in [6.07, 6.45) is 4.49. The molecule has 0 saturated carbocycles. The minimum atomic E-state index is -0.409. The molecule has 0 unspecified atom stereocenters. The fraction of sp³-hybridized carbons (Fsp3) is 0.944. The predicted octanol–water partition coefficient (Wildman–Crippen LogP) is 3.04. The second kappa shape index (κ2) is 8.34. The Balaban J connectivity index is 1.63. The largest absolute Gasteiger partial charge is 0.444 e. The minimum absolute atomic E-state index is 0.166. The molecular formula is C18H34N2O3. The lowest BCUT2D eigenvalue weighted by Crippen LogP contribution is -2.39. The van der Waals surface area contributed by atoms with Crippen molar-refractivity contribution in [2.45, 2.75) is 65.0 Å². The second-order valence-corrected chi connectivity index (χ2v) is 8.09. The monoisotopic (exact) mass is 326 g/mol. The van der Waals surface area contributed by atoms with Crippen molar-refractivity contribution in [1.82, 2.24) is 10.2 Å². The van der Waals surface area contributed by atoms with E-state index in [4.69, 9.17) is 9.47 Å². The minimum Gasteiger partial charge on any atom is -0.444 e. The first-order chi connectivity index (χ1) is 10.8. The van der Waals surface area contributed by atoms with E-state index in [-0.39, 0.29) is 6.09 Å². The SMILES string of the molecule is C[C@H](NCC[C@@H]1CCN(C(=O)OC(C)(C)C)C1)[C@H]1CCCOC1. The molecule has 0 aliphatic carbocycles. The number of carbonyl (C=O) groups is 1. The molecule has 2 aliphatic heterocycles. The van der Waals surface area contributed by atoms with Gasteiger partial charge in [0.25, 0.3) is 0 Å². The Kier molecular flexibility index (Phi) is 6.72. The van der Waals surface area contributed by atoms with Crippen molar-refractivity contribution in [3.63, 3.8) is 0 Å². The Hall–Kier alpha value is -0.810. The number of carbonyl (C=O) groups excluding carboxylic acids is 1. The summed E-state index contributed by atoms with van der Waals surface area (Å²) in [5, 5.41) is 3.65. The molecule has 0 aromatic rings. The lowest BCUT2D eigenvalue weighted by Gasteiger charge is -2.28. The van der Waals surface area contributed by atoms with E-state index in [2.05, 4.69) is 12.2 Å². The summed E-state index contributed by atoms with van der Waals surface area (Å²) in [5.74, 6) is 1.23. The number of amides is 1. The highest BCUT2D eigenvalue weighted by Crippen LogP contribution is 2.22. The van der Waals surface area contributed by atoms with Crippen molar-refractivity contribution in [3.05, 3.63) is 0 Å². The summed E-state index contributed by atoms with van der Waals surface area (Å²) in [7, 11) is 0. The highest BCUT2D eigenvalue weighted by atomic mass is 16.6. The van der Waals surface area contributed by atoms with Crippen LogP contribution in [0.1, 0.15) is 53.4 Å². The molecule has 23 heavy (non-hydrogen) atoms. The van der Waals surface area contributed by atoms with Crippen LogP contribution in [-0.4, -0.2) is 55.5 Å². The first-order valence-corrected chi connectivity index (χ1v) is 9.14. The molecule has 0 aromatic carbocycles. The molecule has 5 heteroatoms. The van der Waals surface area contributed by atoms with Crippen LogP contribution in [0.15, 0.2) is 0 Å². The Morgan fingerprint density at radius 2 is 2.17 bits per heavy atom. The van der Waals surface area contributed by atoms with Crippen molar-refractivity contribution in [2.75, 3.05) is 32.8 Å². The van der Waals surface area contributed by atoms with Gasteiger partial charge < -0.3 is 19.7 Å². The topological polar surface area (TPSA) is 50.8 Å². The Labute approximate surface area is 141 Å². The molecule has 2 saturated heterocycles. The summed E-state index contributed by atoms with van der Waals surface area (Å²) in [4.78, 5) is 13.9. The quantitative estimate of drug-likeness (QED) is 0.844. The summed E-state index contributed by atoms with van der Waals surface area (Å²) in [5.41, 5.74) is -0.409. The molecule has 2 heterocycles. The molecule has 5 nitrogen and oxygen atoms in total. The Morgan fingerprint density at radius 3 is 2.83 bits per heavy atom.